The second kappa shape index (κ2) is 2.38. The third-order valence-electron chi connectivity index (χ3n) is 2.77. The first-order chi connectivity index (χ1) is 5.59. The molecule has 2 atom stereocenters. The molecule has 1 heterocycles. The monoisotopic (exact) mass is 163 g/mol. The third-order valence-corrected chi connectivity index (χ3v) is 2.77. The van der Waals surface area contributed by atoms with Crippen LogP contribution >= 0.6 is 0 Å². The molecule has 0 aromatic heterocycles. The molecule has 0 N–H and O–H groups in total. The van der Waals surface area contributed by atoms with Gasteiger partial charge in [-0.1, -0.05) is 18.2 Å². The lowest BCUT2D eigenvalue weighted by Crippen LogP contribution is -2.42. The van der Waals surface area contributed by atoms with E-state index in [4.69, 9.17) is 0 Å². The van der Waals surface area contributed by atoms with E-state index in [0.29, 0.717) is 6.04 Å². The Kier molecular flexibility index (Phi) is 1.57. The summed E-state index contributed by atoms with van der Waals surface area (Å²) in [6.45, 7) is 6.81. The molecule has 0 fully saturated rings. The minimum Gasteiger partial charge on any atom is -0.366 e. The van der Waals surface area contributed by atoms with Crippen LogP contribution in [0, 0.1) is 5.92 Å². The first kappa shape index (κ1) is 7.90. The molecule has 1 nitrogen and oxygen atoms in total. The summed E-state index contributed by atoms with van der Waals surface area (Å²) in [6.07, 6.45) is 10.5. The van der Waals surface area contributed by atoms with Gasteiger partial charge in [-0.25, -0.2) is 0 Å². The highest BCUT2D eigenvalue weighted by molar-refractivity contribution is 5.20. The molecule has 1 aliphatic heterocycles. The number of hydrogen-bond acceptors (Lipinski definition) is 1. The maximum atomic E-state index is 2.46. The zero-order chi connectivity index (χ0) is 8.77. The van der Waals surface area contributed by atoms with E-state index in [1.54, 1.807) is 0 Å². The van der Waals surface area contributed by atoms with Crippen LogP contribution in [-0.4, -0.2) is 16.5 Å². The third kappa shape index (κ3) is 1.08. The Morgan fingerprint density at radius 2 is 2.00 bits per heavy atom. The van der Waals surface area contributed by atoms with Crippen molar-refractivity contribution in [2.45, 2.75) is 38.8 Å². The molecule has 2 aliphatic rings. The van der Waals surface area contributed by atoms with E-state index in [0.717, 1.165) is 5.92 Å². The van der Waals surface area contributed by atoms with Crippen LogP contribution in [0.1, 0.15) is 27.2 Å². The molecular weight excluding hydrogens is 146 g/mol. The predicted molar refractivity (Wildman–Crippen MR) is 51.8 cm³/mol. The fraction of sp³-hybridized carbons (Fsp3) is 0.636. The van der Waals surface area contributed by atoms with Gasteiger partial charge in [0, 0.05) is 11.5 Å². The maximum Gasteiger partial charge on any atom is 0.0539 e. The van der Waals surface area contributed by atoms with Crippen molar-refractivity contribution in [1.29, 1.82) is 0 Å². The summed E-state index contributed by atoms with van der Waals surface area (Å²) in [6, 6.07) is 0.644. The molecule has 0 aromatic carbocycles. The summed E-state index contributed by atoms with van der Waals surface area (Å²) in [5.41, 5.74) is 0.268. The minimum absolute atomic E-state index is 0.268. The number of rotatable bonds is 0. The fourth-order valence-electron chi connectivity index (χ4n) is 2.12. The lowest BCUT2D eigenvalue weighted by Gasteiger charge is -2.37. The molecule has 2 rings (SSSR count). The van der Waals surface area contributed by atoms with Crippen LogP contribution < -0.4 is 0 Å². The normalized spacial score (nSPS) is 33.1. The molecule has 2 unspecified atom stereocenters. The molecule has 0 bridgehead atoms. The van der Waals surface area contributed by atoms with E-state index in [1.165, 1.54) is 6.42 Å². The summed E-state index contributed by atoms with van der Waals surface area (Å²) in [5.74, 6) is 0.754. The van der Waals surface area contributed by atoms with Gasteiger partial charge in [0.2, 0.25) is 0 Å². The highest BCUT2D eigenvalue weighted by Crippen LogP contribution is 2.35. The van der Waals surface area contributed by atoms with Crippen molar-refractivity contribution < 1.29 is 0 Å². The highest BCUT2D eigenvalue weighted by atomic mass is 15.2. The summed E-state index contributed by atoms with van der Waals surface area (Å²) in [5, 5.41) is 0. The molecule has 1 heteroatoms. The van der Waals surface area contributed by atoms with Crippen molar-refractivity contribution in [2.24, 2.45) is 5.92 Å². The van der Waals surface area contributed by atoms with Crippen molar-refractivity contribution >= 4 is 0 Å². The van der Waals surface area contributed by atoms with Crippen molar-refractivity contribution in [1.82, 2.24) is 4.90 Å². The standard InChI is InChI=1S/C11H17N/c1-11(2,3)12-8-7-9-5-4-6-10(9)12/h4,6-10H,5H2,1-3H3. The van der Waals surface area contributed by atoms with Gasteiger partial charge in [0.25, 0.3) is 0 Å². The Morgan fingerprint density at radius 3 is 2.67 bits per heavy atom. The Balaban J connectivity index is 2.19. The molecule has 0 radical (unpaired) electrons. The van der Waals surface area contributed by atoms with Crippen LogP contribution in [0.25, 0.3) is 0 Å². The number of hydrogen-bond donors (Lipinski definition) is 0. The van der Waals surface area contributed by atoms with E-state index in [9.17, 15) is 0 Å². The average molecular weight is 163 g/mol. The van der Waals surface area contributed by atoms with E-state index in [2.05, 4.69) is 50.1 Å². The quantitative estimate of drug-likeness (QED) is 0.496. The lowest BCUT2D eigenvalue weighted by atomic mass is 10.0. The summed E-state index contributed by atoms with van der Waals surface area (Å²) in [7, 11) is 0. The maximum absolute atomic E-state index is 2.46. The summed E-state index contributed by atoms with van der Waals surface area (Å²) < 4.78 is 0. The van der Waals surface area contributed by atoms with Gasteiger partial charge in [-0.15, -0.1) is 0 Å². The highest BCUT2D eigenvalue weighted by Gasteiger charge is 2.34. The summed E-state index contributed by atoms with van der Waals surface area (Å²) >= 11 is 0. The molecule has 66 valence electrons. The predicted octanol–water partition coefficient (Wildman–Crippen LogP) is 2.56. The molecule has 0 amide bonds. The van der Waals surface area contributed by atoms with Crippen LogP contribution in [0.3, 0.4) is 0 Å². The molecule has 0 spiro atoms. The van der Waals surface area contributed by atoms with Gasteiger partial charge in [0.05, 0.1) is 6.04 Å². The number of nitrogens with zero attached hydrogens (tertiary/aromatic N) is 1. The van der Waals surface area contributed by atoms with Crippen molar-refractivity contribution in [3.05, 3.63) is 24.4 Å². The van der Waals surface area contributed by atoms with Gasteiger partial charge in [-0.3, -0.25) is 0 Å². The van der Waals surface area contributed by atoms with E-state index < -0.39 is 0 Å². The van der Waals surface area contributed by atoms with E-state index in [1.807, 2.05) is 0 Å². The molecular formula is C11H17N. The van der Waals surface area contributed by atoms with Crippen molar-refractivity contribution in [2.75, 3.05) is 0 Å². The SMILES string of the molecule is CC(C)(C)N1C=CC2CC=CC21. The number of allylic oxidation sites excluding steroid dienone is 1. The Hall–Kier alpha value is -0.720. The molecule has 0 saturated heterocycles. The summed E-state index contributed by atoms with van der Waals surface area (Å²) in [4.78, 5) is 2.46. The van der Waals surface area contributed by atoms with Gasteiger partial charge >= 0.3 is 0 Å². The molecule has 1 aliphatic carbocycles. The number of fused-ring (bicyclic) bond motifs is 1. The van der Waals surface area contributed by atoms with Crippen LogP contribution in [0.4, 0.5) is 0 Å². The fourth-order valence-corrected chi connectivity index (χ4v) is 2.12. The van der Waals surface area contributed by atoms with Gasteiger partial charge in [-0.2, -0.15) is 0 Å². The zero-order valence-electron chi connectivity index (χ0n) is 8.12. The smallest absolute Gasteiger partial charge is 0.0539 e. The zero-order valence-corrected chi connectivity index (χ0v) is 8.12. The van der Waals surface area contributed by atoms with Gasteiger partial charge in [-0.05, 0) is 33.4 Å². The Labute approximate surface area is 74.8 Å². The first-order valence-electron chi connectivity index (χ1n) is 4.72. The van der Waals surface area contributed by atoms with Gasteiger partial charge < -0.3 is 4.90 Å². The topological polar surface area (TPSA) is 3.24 Å². The van der Waals surface area contributed by atoms with Crippen molar-refractivity contribution in [3.63, 3.8) is 0 Å². The Bertz CT molecular complexity index is 232. The Morgan fingerprint density at radius 1 is 1.25 bits per heavy atom. The molecule has 0 aromatic rings. The first-order valence-corrected chi connectivity index (χ1v) is 4.72. The van der Waals surface area contributed by atoms with E-state index >= 15 is 0 Å². The molecule has 0 saturated carbocycles. The van der Waals surface area contributed by atoms with Gasteiger partial charge in [0.1, 0.15) is 0 Å². The minimum atomic E-state index is 0.268. The van der Waals surface area contributed by atoms with E-state index in [-0.39, 0.29) is 5.54 Å². The van der Waals surface area contributed by atoms with Gasteiger partial charge in [0.15, 0.2) is 0 Å². The lowest BCUT2D eigenvalue weighted by molar-refractivity contribution is 0.171. The molecule has 12 heavy (non-hydrogen) atoms. The second-order valence-electron chi connectivity index (χ2n) is 4.74. The van der Waals surface area contributed by atoms with Crippen LogP contribution in [0.2, 0.25) is 0 Å². The van der Waals surface area contributed by atoms with Crippen LogP contribution in [-0.2, 0) is 0 Å². The largest absolute Gasteiger partial charge is 0.366 e. The average Bonchev–Trinajstić information content (AvgIpc) is 2.37. The second-order valence-corrected chi connectivity index (χ2v) is 4.74. The van der Waals surface area contributed by atoms with Crippen LogP contribution in [0.15, 0.2) is 24.4 Å². The van der Waals surface area contributed by atoms with Crippen molar-refractivity contribution in [3.8, 4) is 0 Å². The van der Waals surface area contributed by atoms with Crippen LogP contribution in [0.5, 0.6) is 0 Å².